The monoisotopic (exact) mass is 453 g/mol. The topological polar surface area (TPSA) is 93.3 Å². The molecule has 1 atom stereocenters. The highest BCUT2D eigenvalue weighted by atomic mass is 32.1. The molecular weight excluding hydrogens is 426 g/mol. The quantitative estimate of drug-likeness (QED) is 0.478. The molecule has 1 aliphatic carbocycles. The van der Waals surface area contributed by atoms with Crippen LogP contribution in [-0.4, -0.2) is 35.3 Å². The number of aryl methyl sites for hydroxylation is 1. The van der Waals surface area contributed by atoms with Crippen molar-refractivity contribution in [3.63, 3.8) is 0 Å². The number of fused-ring (bicyclic) bond motifs is 1. The number of carbonyl (C=O) groups excluding carboxylic acids is 2. The van der Waals surface area contributed by atoms with Crippen LogP contribution >= 0.6 is 11.3 Å². The van der Waals surface area contributed by atoms with Crippen LogP contribution in [0, 0.1) is 0 Å². The zero-order valence-electron chi connectivity index (χ0n) is 18.5. The molecule has 3 aromatic rings. The maximum Gasteiger partial charge on any atom is 0.341 e. The average molecular weight is 454 g/mol. The van der Waals surface area contributed by atoms with E-state index < -0.39 is 0 Å². The van der Waals surface area contributed by atoms with Gasteiger partial charge in [0, 0.05) is 10.4 Å². The molecule has 8 heteroatoms. The zero-order valence-corrected chi connectivity index (χ0v) is 19.3. The van der Waals surface area contributed by atoms with Crippen LogP contribution in [0.15, 0.2) is 30.3 Å². The van der Waals surface area contributed by atoms with E-state index in [1.807, 2.05) is 38.1 Å². The maximum absolute atomic E-state index is 13.0. The molecule has 1 amide bonds. The molecule has 0 radical (unpaired) electrons. The van der Waals surface area contributed by atoms with Crippen molar-refractivity contribution >= 4 is 28.2 Å². The van der Waals surface area contributed by atoms with Gasteiger partial charge in [-0.05, 0) is 74.9 Å². The van der Waals surface area contributed by atoms with Crippen LogP contribution in [0.5, 0.6) is 5.75 Å². The minimum Gasteiger partial charge on any atom is -0.497 e. The number of nitrogens with zero attached hydrogens (tertiary/aromatic N) is 1. The number of thiophene rings is 1. The number of ether oxygens (including phenoxy) is 2. The Hall–Kier alpha value is -3.13. The van der Waals surface area contributed by atoms with Gasteiger partial charge < -0.3 is 14.8 Å². The number of H-pyrrole nitrogens is 1. The number of rotatable bonds is 7. The molecule has 2 N–H and O–H groups in total. The van der Waals surface area contributed by atoms with E-state index in [1.165, 1.54) is 11.3 Å². The second-order valence-corrected chi connectivity index (χ2v) is 8.99. The van der Waals surface area contributed by atoms with Gasteiger partial charge in [-0.2, -0.15) is 5.10 Å². The van der Waals surface area contributed by atoms with E-state index in [2.05, 4.69) is 15.5 Å². The van der Waals surface area contributed by atoms with Crippen molar-refractivity contribution in [2.45, 2.75) is 52.1 Å². The maximum atomic E-state index is 13.0. The van der Waals surface area contributed by atoms with Crippen molar-refractivity contribution in [2.75, 3.05) is 12.4 Å². The molecule has 4 rings (SSSR count). The van der Waals surface area contributed by atoms with Crippen molar-refractivity contribution in [1.29, 1.82) is 0 Å². The third-order valence-corrected chi connectivity index (χ3v) is 6.90. The number of aromatic nitrogens is 2. The highest BCUT2D eigenvalue weighted by Crippen LogP contribution is 2.39. The first-order chi connectivity index (χ1) is 15.5. The molecular formula is C24H27N3O4S. The Morgan fingerprint density at radius 2 is 1.97 bits per heavy atom. The predicted octanol–water partition coefficient (Wildman–Crippen LogP) is 5.23. The van der Waals surface area contributed by atoms with E-state index in [1.54, 1.807) is 13.2 Å². The number of aromatic amines is 1. The normalized spacial score (nSPS) is 13.8. The van der Waals surface area contributed by atoms with Gasteiger partial charge in [0.25, 0.3) is 5.91 Å². The Morgan fingerprint density at radius 1 is 1.22 bits per heavy atom. The van der Waals surface area contributed by atoms with Crippen molar-refractivity contribution in [3.05, 3.63) is 52.0 Å². The zero-order chi connectivity index (χ0) is 22.7. The van der Waals surface area contributed by atoms with Crippen molar-refractivity contribution in [1.82, 2.24) is 10.2 Å². The van der Waals surface area contributed by atoms with Gasteiger partial charge in [0.2, 0.25) is 0 Å². The van der Waals surface area contributed by atoms with Gasteiger partial charge >= 0.3 is 5.97 Å². The number of hydrogen-bond acceptors (Lipinski definition) is 6. The summed E-state index contributed by atoms with van der Waals surface area (Å²) in [7, 11) is 1.61. The summed E-state index contributed by atoms with van der Waals surface area (Å²) < 4.78 is 10.8. The lowest BCUT2D eigenvalue weighted by Crippen LogP contribution is -2.19. The number of esters is 1. The Labute approximate surface area is 191 Å². The van der Waals surface area contributed by atoms with E-state index in [-0.39, 0.29) is 18.0 Å². The number of benzene rings is 1. The lowest BCUT2D eigenvalue weighted by Gasteiger charge is -2.15. The molecule has 1 aliphatic rings. The Balaban J connectivity index is 1.57. The number of hydrogen-bond donors (Lipinski definition) is 2. The Kier molecular flexibility index (Phi) is 6.60. The lowest BCUT2D eigenvalue weighted by molar-refractivity contribution is 0.0335. The SMILES string of the molecule is CCC(C)OC(=O)c1c(NC(=O)c2cc(-c3ccc(OC)cc3)n[nH]2)sc2c1CCCC2. The predicted molar refractivity (Wildman–Crippen MR) is 125 cm³/mol. The second kappa shape index (κ2) is 9.56. The molecule has 1 aromatic carbocycles. The molecule has 7 nitrogen and oxygen atoms in total. The third-order valence-electron chi connectivity index (χ3n) is 5.69. The van der Waals surface area contributed by atoms with Crippen LogP contribution in [0.4, 0.5) is 5.00 Å². The van der Waals surface area contributed by atoms with Gasteiger partial charge in [0.15, 0.2) is 0 Å². The van der Waals surface area contributed by atoms with Crippen LogP contribution in [0.2, 0.25) is 0 Å². The minimum absolute atomic E-state index is 0.176. The first-order valence-electron chi connectivity index (χ1n) is 10.9. The molecule has 0 bridgehead atoms. The minimum atomic E-state index is -0.363. The van der Waals surface area contributed by atoms with Gasteiger partial charge in [-0.3, -0.25) is 9.89 Å². The fourth-order valence-electron chi connectivity index (χ4n) is 3.71. The van der Waals surface area contributed by atoms with E-state index >= 15 is 0 Å². The summed E-state index contributed by atoms with van der Waals surface area (Å²) in [5, 5.41) is 10.5. The van der Waals surface area contributed by atoms with E-state index in [0.29, 0.717) is 22.0 Å². The number of methoxy groups -OCH3 is 1. The van der Waals surface area contributed by atoms with Gasteiger partial charge in [-0.15, -0.1) is 11.3 Å². The molecule has 2 aromatic heterocycles. The van der Waals surface area contributed by atoms with Crippen LogP contribution in [0.3, 0.4) is 0 Å². The first kappa shape index (κ1) is 22.1. The summed E-state index contributed by atoms with van der Waals surface area (Å²) in [4.78, 5) is 27.1. The lowest BCUT2D eigenvalue weighted by atomic mass is 9.95. The van der Waals surface area contributed by atoms with E-state index in [0.717, 1.165) is 53.9 Å². The summed E-state index contributed by atoms with van der Waals surface area (Å²) in [5.74, 6) is 0.0479. The number of amides is 1. The molecule has 0 fully saturated rings. The van der Waals surface area contributed by atoms with Gasteiger partial charge in [0.1, 0.15) is 16.4 Å². The molecule has 0 spiro atoms. The van der Waals surface area contributed by atoms with Crippen LogP contribution in [0.25, 0.3) is 11.3 Å². The Bertz CT molecular complexity index is 1120. The standard InChI is InChI=1S/C24H27N3O4S/c1-4-14(2)31-24(29)21-17-7-5-6-8-20(17)32-23(21)25-22(28)19-13-18(26-27-19)15-9-11-16(30-3)12-10-15/h9-14H,4-8H2,1-3H3,(H,25,28)(H,26,27). The molecule has 32 heavy (non-hydrogen) atoms. The highest BCUT2D eigenvalue weighted by Gasteiger charge is 2.28. The summed E-state index contributed by atoms with van der Waals surface area (Å²) in [6, 6.07) is 9.14. The first-order valence-corrected chi connectivity index (χ1v) is 11.7. The summed E-state index contributed by atoms with van der Waals surface area (Å²) >= 11 is 1.47. The third kappa shape index (κ3) is 4.55. The van der Waals surface area contributed by atoms with Gasteiger partial charge in [-0.1, -0.05) is 6.92 Å². The number of nitrogens with one attached hydrogen (secondary N) is 2. The van der Waals surface area contributed by atoms with E-state index in [4.69, 9.17) is 9.47 Å². The molecule has 0 aliphatic heterocycles. The van der Waals surface area contributed by atoms with E-state index in [9.17, 15) is 9.59 Å². The van der Waals surface area contributed by atoms with Crippen molar-refractivity contribution in [2.24, 2.45) is 0 Å². The fourth-order valence-corrected chi connectivity index (χ4v) is 4.99. The van der Waals surface area contributed by atoms with Gasteiger partial charge in [-0.25, -0.2) is 4.79 Å². The molecule has 0 saturated heterocycles. The van der Waals surface area contributed by atoms with Crippen LogP contribution in [-0.2, 0) is 17.6 Å². The van der Waals surface area contributed by atoms with Crippen molar-refractivity contribution in [3.8, 4) is 17.0 Å². The highest BCUT2D eigenvalue weighted by molar-refractivity contribution is 7.17. The summed E-state index contributed by atoms with van der Waals surface area (Å²) in [6.07, 6.45) is 4.44. The summed E-state index contributed by atoms with van der Waals surface area (Å²) in [6.45, 7) is 3.85. The van der Waals surface area contributed by atoms with Crippen LogP contribution < -0.4 is 10.1 Å². The molecule has 1 unspecified atom stereocenters. The molecule has 168 valence electrons. The average Bonchev–Trinajstić information content (AvgIpc) is 3.44. The smallest absolute Gasteiger partial charge is 0.341 e. The largest absolute Gasteiger partial charge is 0.497 e. The molecule has 0 saturated carbocycles. The molecule has 2 heterocycles. The van der Waals surface area contributed by atoms with Crippen molar-refractivity contribution < 1.29 is 19.1 Å². The Morgan fingerprint density at radius 3 is 2.69 bits per heavy atom. The number of carbonyl (C=O) groups is 2. The number of anilines is 1. The second-order valence-electron chi connectivity index (χ2n) is 7.89. The van der Waals surface area contributed by atoms with Gasteiger partial charge in [0.05, 0.1) is 24.5 Å². The summed E-state index contributed by atoms with van der Waals surface area (Å²) in [5.41, 5.74) is 3.37. The fraction of sp³-hybridized carbons (Fsp3) is 0.375. The van der Waals surface area contributed by atoms with Crippen LogP contribution in [0.1, 0.15) is 64.4 Å².